The molecule has 0 aliphatic carbocycles. The fourth-order valence-corrected chi connectivity index (χ4v) is 3.03. The van der Waals surface area contributed by atoms with Gasteiger partial charge in [0.25, 0.3) is 5.69 Å². The van der Waals surface area contributed by atoms with Crippen molar-refractivity contribution in [3.63, 3.8) is 0 Å². The fraction of sp³-hybridized carbons (Fsp3) is 0.188. The van der Waals surface area contributed by atoms with E-state index in [-0.39, 0.29) is 10.6 Å². The maximum atomic E-state index is 10.8. The number of ether oxygens (including phenoxy) is 1. The molecule has 3 rings (SSSR count). The molecule has 0 atom stereocenters. The van der Waals surface area contributed by atoms with Crippen molar-refractivity contribution in [1.82, 2.24) is 9.97 Å². The highest BCUT2D eigenvalue weighted by molar-refractivity contribution is 7.98. The first-order valence-electron chi connectivity index (χ1n) is 7.14. The van der Waals surface area contributed by atoms with Crippen molar-refractivity contribution < 1.29 is 9.66 Å². The number of nitrogens with zero attached hydrogens (tertiary/aromatic N) is 2. The molecule has 118 valence electrons. The molecule has 0 radical (unpaired) electrons. The van der Waals surface area contributed by atoms with Crippen LogP contribution in [0.15, 0.2) is 47.6 Å². The molecule has 0 unspecified atom stereocenters. The first-order valence-corrected chi connectivity index (χ1v) is 8.13. The number of rotatable bonds is 6. The first-order chi connectivity index (χ1) is 11.2. The average Bonchev–Trinajstić information content (AvgIpc) is 2.96. The topological polar surface area (TPSA) is 81.1 Å². The van der Waals surface area contributed by atoms with Crippen molar-refractivity contribution in [1.29, 1.82) is 0 Å². The van der Waals surface area contributed by atoms with Crippen LogP contribution in [0.25, 0.3) is 11.0 Å². The van der Waals surface area contributed by atoms with E-state index in [1.807, 2.05) is 31.2 Å². The van der Waals surface area contributed by atoms with Crippen LogP contribution in [0.2, 0.25) is 0 Å². The summed E-state index contributed by atoms with van der Waals surface area (Å²) in [6.07, 6.45) is 0. The number of nitro benzene ring substituents is 1. The molecule has 23 heavy (non-hydrogen) atoms. The molecule has 3 aromatic rings. The van der Waals surface area contributed by atoms with E-state index in [4.69, 9.17) is 4.74 Å². The molecular weight excluding hydrogens is 314 g/mol. The van der Waals surface area contributed by atoms with Gasteiger partial charge >= 0.3 is 0 Å². The van der Waals surface area contributed by atoms with Gasteiger partial charge in [0.1, 0.15) is 5.75 Å². The molecular formula is C16H15N3O3S. The minimum Gasteiger partial charge on any atom is -0.494 e. The average molecular weight is 329 g/mol. The van der Waals surface area contributed by atoms with Gasteiger partial charge in [-0.2, -0.15) is 0 Å². The van der Waals surface area contributed by atoms with Crippen LogP contribution >= 0.6 is 11.8 Å². The van der Waals surface area contributed by atoms with Gasteiger partial charge in [-0.25, -0.2) is 4.98 Å². The molecule has 0 amide bonds. The summed E-state index contributed by atoms with van der Waals surface area (Å²) in [5, 5.41) is 11.6. The highest BCUT2D eigenvalue weighted by Crippen LogP contribution is 2.26. The van der Waals surface area contributed by atoms with Crippen LogP contribution in [0.1, 0.15) is 12.5 Å². The molecule has 2 aromatic carbocycles. The molecule has 0 aliphatic rings. The molecule has 0 fully saturated rings. The molecule has 0 bridgehead atoms. The summed E-state index contributed by atoms with van der Waals surface area (Å²) >= 11 is 1.51. The number of hydrogen-bond acceptors (Lipinski definition) is 5. The number of benzene rings is 2. The molecule has 0 saturated heterocycles. The van der Waals surface area contributed by atoms with E-state index in [9.17, 15) is 10.1 Å². The van der Waals surface area contributed by atoms with E-state index >= 15 is 0 Å². The van der Waals surface area contributed by atoms with Crippen LogP contribution in [0.4, 0.5) is 5.69 Å². The first kappa shape index (κ1) is 15.4. The SMILES string of the molecule is CCOc1ccc2nc(SCc3cccc([N+](=O)[O-])c3)[nH]c2c1. The van der Waals surface area contributed by atoms with Crippen molar-refractivity contribution in [3.05, 3.63) is 58.1 Å². The maximum Gasteiger partial charge on any atom is 0.269 e. The number of non-ortho nitro benzene ring substituents is 1. The highest BCUT2D eigenvalue weighted by atomic mass is 32.2. The van der Waals surface area contributed by atoms with Gasteiger partial charge in [0, 0.05) is 24.0 Å². The molecule has 0 spiro atoms. The largest absolute Gasteiger partial charge is 0.494 e. The Hall–Kier alpha value is -2.54. The summed E-state index contributed by atoms with van der Waals surface area (Å²) in [5.74, 6) is 1.42. The smallest absolute Gasteiger partial charge is 0.269 e. The molecule has 7 heteroatoms. The van der Waals surface area contributed by atoms with Crippen LogP contribution < -0.4 is 4.74 Å². The number of imidazole rings is 1. The normalized spacial score (nSPS) is 10.8. The summed E-state index contributed by atoms with van der Waals surface area (Å²) in [4.78, 5) is 18.2. The number of aromatic nitrogens is 2. The molecule has 1 heterocycles. The van der Waals surface area contributed by atoms with Crippen molar-refractivity contribution >= 4 is 28.5 Å². The third-order valence-corrected chi connectivity index (χ3v) is 4.18. The van der Waals surface area contributed by atoms with Crippen LogP contribution in [-0.4, -0.2) is 21.5 Å². The minimum atomic E-state index is -0.384. The van der Waals surface area contributed by atoms with Crippen molar-refractivity contribution in [3.8, 4) is 5.75 Å². The Bertz CT molecular complexity index is 847. The van der Waals surface area contributed by atoms with E-state index < -0.39 is 0 Å². The number of nitrogens with one attached hydrogen (secondary N) is 1. The Balaban J connectivity index is 1.74. The fourth-order valence-electron chi connectivity index (χ4n) is 2.20. The van der Waals surface area contributed by atoms with E-state index in [0.717, 1.165) is 27.5 Å². The predicted octanol–water partition coefficient (Wildman–Crippen LogP) is 4.16. The van der Waals surface area contributed by atoms with Crippen LogP contribution in [0.3, 0.4) is 0 Å². The van der Waals surface area contributed by atoms with Gasteiger partial charge in [0.2, 0.25) is 0 Å². The zero-order valence-corrected chi connectivity index (χ0v) is 13.3. The molecule has 1 aromatic heterocycles. The lowest BCUT2D eigenvalue weighted by atomic mass is 10.2. The van der Waals surface area contributed by atoms with Crippen molar-refractivity contribution in [2.75, 3.05) is 6.61 Å². The second-order valence-corrected chi connectivity index (χ2v) is 5.83. The third-order valence-electron chi connectivity index (χ3n) is 3.24. The van der Waals surface area contributed by atoms with Crippen LogP contribution in [0.5, 0.6) is 5.75 Å². The minimum absolute atomic E-state index is 0.106. The van der Waals surface area contributed by atoms with Crippen LogP contribution in [0, 0.1) is 10.1 Å². The lowest BCUT2D eigenvalue weighted by Crippen LogP contribution is -1.90. The Labute approximate surface area is 137 Å². The van der Waals surface area contributed by atoms with Crippen molar-refractivity contribution in [2.45, 2.75) is 17.8 Å². The summed E-state index contributed by atoms with van der Waals surface area (Å²) in [6.45, 7) is 2.56. The summed E-state index contributed by atoms with van der Waals surface area (Å²) in [5.41, 5.74) is 2.78. The van der Waals surface area contributed by atoms with E-state index in [0.29, 0.717) is 12.4 Å². The number of fused-ring (bicyclic) bond motifs is 1. The van der Waals surface area contributed by atoms with Crippen LogP contribution in [-0.2, 0) is 5.75 Å². The van der Waals surface area contributed by atoms with Crippen molar-refractivity contribution in [2.24, 2.45) is 0 Å². The van der Waals surface area contributed by atoms with Gasteiger partial charge < -0.3 is 9.72 Å². The van der Waals surface area contributed by atoms with Gasteiger partial charge in [-0.3, -0.25) is 10.1 Å². The number of H-pyrrole nitrogens is 1. The Kier molecular flexibility index (Phi) is 4.47. The van der Waals surface area contributed by atoms with Gasteiger partial charge in [-0.05, 0) is 24.6 Å². The molecule has 0 aliphatic heterocycles. The Morgan fingerprint density at radius 3 is 2.96 bits per heavy atom. The third kappa shape index (κ3) is 3.62. The summed E-state index contributed by atoms with van der Waals surface area (Å²) in [7, 11) is 0. The summed E-state index contributed by atoms with van der Waals surface area (Å²) < 4.78 is 5.47. The predicted molar refractivity (Wildman–Crippen MR) is 89.9 cm³/mol. The standard InChI is InChI=1S/C16H15N3O3S/c1-2-22-13-6-7-14-15(9-13)18-16(17-14)23-10-11-4-3-5-12(8-11)19(20)21/h3-9H,2,10H2,1H3,(H,17,18). The zero-order chi connectivity index (χ0) is 16.2. The van der Waals surface area contributed by atoms with E-state index in [1.54, 1.807) is 12.1 Å². The molecule has 0 saturated carbocycles. The quantitative estimate of drug-likeness (QED) is 0.417. The lowest BCUT2D eigenvalue weighted by molar-refractivity contribution is -0.384. The summed E-state index contributed by atoms with van der Waals surface area (Å²) in [6, 6.07) is 12.4. The van der Waals surface area contributed by atoms with Gasteiger partial charge in [-0.15, -0.1) is 0 Å². The Morgan fingerprint density at radius 1 is 1.30 bits per heavy atom. The second kappa shape index (κ2) is 6.70. The number of aromatic amines is 1. The maximum absolute atomic E-state index is 10.8. The molecule has 1 N–H and O–H groups in total. The zero-order valence-electron chi connectivity index (χ0n) is 12.5. The second-order valence-electron chi connectivity index (χ2n) is 4.87. The van der Waals surface area contributed by atoms with E-state index in [1.165, 1.54) is 17.8 Å². The number of thioether (sulfide) groups is 1. The van der Waals surface area contributed by atoms with Gasteiger partial charge in [0.05, 0.1) is 22.6 Å². The van der Waals surface area contributed by atoms with E-state index in [2.05, 4.69) is 9.97 Å². The molecule has 6 nitrogen and oxygen atoms in total. The number of hydrogen-bond donors (Lipinski definition) is 1. The van der Waals surface area contributed by atoms with Gasteiger partial charge in [0.15, 0.2) is 5.16 Å². The van der Waals surface area contributed by atoms with Gasteiger partial charge in [-0.1, -0.05) is 23.9 Å². The lowest BCUT2D eigenvalue weighted by Gasteiger charge is -2.00. The highest BCUT2D eigenvalue weighted by Gasteiger charge is 2.08. The number of nitro groups is 1. The monoisotopic (exact) mass is 329 g/mol. The Morgan fingerprint density at radius 2 is 2.17 bits per heavy atom.